The number of ether oxygens (including phenoxy) is 1. The SMILES string of the molecule is COc1ccc(F)cc1C(O)Cn1cc(/C(C)=N/OC(C)C)c(=O)n(N(C)C(=O)N2CCCCC2)c1=O. The number of halogens is 1. The Bertz CT molecular complexity index is 1270. The maximum Gasteiger partial charge on any atom is 0.350 e. The Balaban J connectivity index is 2.11. The maximum atomic E-state index is 13.9. The first kappa shape index (κ1) is 27.9. The molecule has 1 aromatic carbocycles. The van der Waals surface area contributed by atoms with Gasteiger partial charge in [-0.05, 0) is 58.2 Å². The van der Waals surface area contributed by atoms with E-state index in [9.17, 15) is 23.9 Å². The van der Waals surface area contributed by atoms with Crippen molar-refractivity contribution in [2.75, 3.05) is 32.3 Å². The molecule has 1 fully saturated rings. The molecule has 37 heavy (non-hydrogen) atoms. The average Bonchev–Trinajstić information content (AvgIpc) is 2.88. The Kier molecular flexibility index (Phi) is 9.09. The number of hydrogen-bond donors (Lipinski definition) is 1. The zero-order chi connectivity index (χ0) is 27.3. The Labute approximate surface area is 214 Å². The summed E-state index contributed by atoms with van der Waals surface area (Å²) in [5, 5.41) is 15.9. The lowest BCUT2D eigenvalue weighted by Gasteiger charge is -2.31. The first-order chi connectivity index (χ1) is 17.5. The number of methoxy groups -OCH3 is 1. The second kappa shape index (κ2) is 12.0. The van der Waals surface area contributed by atoms with Crippen molar-refractivity contribution < 1.29 is 23.9 Å². The summed E-state index contributed by atoms with van der Waals surface area (Å²) >= 11 is 0. The molecule has 2 heterocycles. The Morgan fingerprint density at radius 1 is 1.22 bits per heavy atom. The number of carbonyl (C=O) groups is 1. The molecule has 0 saturated carbocycles. The first-order valence-corrected chi connectivity index (χ1v) is 12.2. The maximum absolute atomic E-state index is 13.9. The number of aliphatic hydroxyl groups is 1. The third kappa shape index (κ3) is 6.37. The second-order valence-electron chi connectivity index (χ2n) is 9.18. The third-order valence-electron chi connectivity index (χ3n) is 6.05. The van der Waals surface area contributed by atoms with Gasteiger partial charge in [0.15, 0.2) is 0 Å². The Morgan fingerprint density at radius 3 is 2.51 bits per heavy atom. The number of aliphatic hydroxyl groups excluding tert-OH is 1. The molecule has 1 aliphatic rings. The van der Waals surface area contributed by atoms with E-state index >= 15 is 0 Å². The topological polar surface area (TPSA) is 119 Å². The fraction of sp³-hybridized carbons (Fsp3) is 0.520. The largest absolute Gasteiger partial charge is 0.496 e. The molecule has 1 atom stereocenters. The minimum Gasteiger partial charge on any atom is -0.496 e. The van der Waals surface area contributed by atoms with Crippen LogP contribution >= 0.6 is 0 Å². The summed E-state index contributed by atoms with van der Waals surface area (Å²) < 4.78 is 20.9. The number of oxime groups is 1. The number of nitrogens with zero attached hydrogens (tertiary/aromatic N) is 5. The minimum atomic E-state index is -1.37. The van der Waals surface area contributed by atoms with Gasteiger partial charge in [-0.3, -0.25) is 9.36 Å². The van der Waals surface area contributed by atoms with Crippen LogP contribution in [0.25, 0.3) is 0 Å². The summed E-state index contributed by atoms with van der Waals surface area (Å²) in [6, 6.07) is 3.17. The average molecular weight is 520 g/mol. The molecular formula is C25H34FN5O6. The van der Waals surface area contributed by atoms with Crippen molar-refractivity contribution >= 4 is 11.7 Å². The molecule has 0 radical (unpaired) electrons. The van der Waals surface area contributed by atoms with Crippen LogP contribution in [0.3, 0.4) is 0 Å². The van der Waals surface area contributed by atoms with Gasteiger partial charge in [-0.1, -0.05) is 5.16 Å². The number of rotatable bonds is 8. The molecular weight excluding hydrogens is 485 g/mol. The van der Waals surface area contributed by atoms with Gasteiger partial charge in [-0.15, -0.1) is 0 Å². The molecule has 0 bridgehead atoms. The molecule has 1 unspecified atom stereocenters. The van der Waals surface area contributed by atoms with Gasteiger partial charge < -0.3 is 19.6 Å². The number of likely N-dealkylation sites (tertiary alicyclic amines) is 1. The quantitative estimate of drug-likeness (QED) is 0.422. The van der Waals surface area contributed by atoms with E-state index in [2.05, 4.69) is 5.16 Å². The molecule has 2 amide bonds. The van der Waals surface area contributed by atoms with Crippen LogP contribution in [0, 0.1) is 5.82 Å². The molecule has 1 N–H and O–H groups in total. The summed E-state index contributed by atoms with van der Waals surface area (Å²) in [6.45, 7) is 5.76. The zero-order valence-electron chi connectivity index (χ0n) is 21.8. The van der Waals surface area contributed by atoms with Crippen molar-refractivity contribution in [3.05, 3.63) is 62.2 Å². The number of aromatic nitrogens is 2. The molecule has 3 rings (SSSR count). The van der Waals surface area contributed by atoms with Gasteiger partial charge in [-0.25, -0.2) is 19.0 Å². The number of hydrogen-bond acceptors (Lipinski definition) is 7. The molecule has 0 aliphatic carbocycles. The molecule has 1 aromatic heterocycles. The first-order valence-electron chi connectivity index (χ1n) is 12.2. The minimum absolute atomic E-state index is 0.00282. The van der Waals surface area contributed by atoms with Gasteiger partial charge in [0.25, 0.3) is 5.56 Å². The summed E-state index contributed by atoms with van der Waals surface area (Å²) in [4.78, 5) is 46.9. The third-order valence-corrected chi connectivity index (χ3v) is 6.05. The molecule has 1 saturated heterocycles. The number of urea groups is 1. The normalized spacial score (nSPS) is 15.0. The van der Waals surface area contributed by atoms with Gasteiger partial charge in [0.2, 0.25) is 0 Å². The van der Waals surface area contributed by atoms with E-state index in [4.69, 9.17) is 9.57 Å². The van der Waals surface area contributed by atoms with Crippen LogP contribution in [-0.4, -0.2) is 64.3 Å². The fourth-order valence-corrected chi connectivity index (χ4v) is 4.09. The van der Waals surface area contributed by atoms with E-state index in [0.29, 0.717) is 13.1 Å². The molecule has 11 nitrogen and oxygen atoms in total. The van der Waals surface area contributed by atoms with E-state index < -0.39 is 29.2 Å². The lowest BCUT2D eigenvalue weighted by Crippen LogP contribution is -2.58. The van der Waals surface area contributed by atoms with Gasteiger partial charge in [0, 0.05) is 31.9 Å². The van der Waals surface area contributed by atoms with Gasteiger partial charge in [-0.2, -0.15) is 4.68 Å². The van der Waals surface area contributed by atoms with Crippen molar-refractivity contribution in [1.82, 2.24) is 14.1 Å². The van der Waals surface area contributed by atoms with E-state index in [1.54, 1.807) is 18.7 Å². The van der Waals surface area contributed by atoms with Crippen LogP contribution in [0.4, 0.5) is 9.18 Å². The second-order valence-corrected chi connectivity index (χ2v) is 9.18. The smallest absolute Gasteiger partial charge is 0.350 e. The van der Waals surface area contributed by atoms with Crippen molar-refractivity contribution in [2.45, 2.75) is 58.8 Å². The van der Waals surface area contributed by atoms with Crippen molar-refractivity contribution in [3.8, 4) is 5.75 Å². The molecule has 0 spiro atoms. The predicted molar refractivity (Wildman–Crippen MR) is 136 cm³/mol. The van der Waals surface area contributed by atoms with Crippen LogP contribution < -0.4 is 21.0 Å². The lowest BCUT2D eigenvalue weighted by atomic mass is 10.1. The monoisotopic (exact) mass is 519 g/mol. The number of benzene rings is 1. The van der Waals surface area contributed by atoms with Crippen LogP contribution in [0.1, 0.15) is 57.3 Å². The molecule has 12 heteroatoms. The highest BCUT2D eigenvalue weighted by atomic mass is 19.1. The standard InChI is InChI=1S/C25H34FN5O6/c1-16(2)37-27-17(3)20-14-30(15-21(32)19-13-18(26)9-10-22(19)36-5)25(35)31(23(20)33)28(4)24(34)29-11-7-6-8-12-29/h9-10,13-14,16,21,32H,6-8,11-12,15H2,1-5H3/b27-17+. The van der Waals surface area contributed by atoms with Crippen molar-refractivity contribution in [2.24, 2.45) is 5.16 Å². The summed E-state index contributed by atoms with van der Waals surface area (Å²) in [5.41, 5.74) is -1.32. The highest BCUT2D eigenvalue weighted by molar-refractivity contribution is 5.97. The van der Waals surface area contributed by atoms with Gasteiger partial charge in [0.05, 0.1) is 24.9 Å². The molecule has 1 aliphatic heterocycles. The van der Waals surface area contributed by atoms with Gasteiger partial charge >= 0.3 is 11.7 Å². The number of amides is 2. The lowest BCUT2D eigenvalue weighted by molar-refractivity contribution is 0.0859. The van der Waals surface area contributed by atoms with E-state index in [1.807, 2.05) is 0 Å². The molecule has 2 aromatic rings. The fourth-order valence-electron chi connectivity index (χ4n) is 4.09. The van der Waals surface area contributed by atoms with Gasteiger partial charge in [0.1, 0.15) is 23.8 Å². The highest BCUT2D eigenvalue weighted by Gasteiger charge is 2.26. The van der Waals surface area contributed by atoms with E-state index in [-0.39, 0.29) is 35.2 Å². The summed E-state index contributed by atoms with van der Waals surface area (Å²) in [5.74, 6) is -0.357. The summed E-state index contributed by atoms with van der Waals surface area (Å²) in [7, 11) is 2.72. The van der Waals surface area contributed by atoms with Crippen LogP contribution in [0.15, 0.2) is 39.1 Å². The van der Waals surface area contributed by atoms with Crippen molar-refractivity contribution in [3.63, 3.8) is 0 Å². The number of carbonyl (C=O) groups excluding carboxylic acids is 1. The zero-order valence-corrected chi connectivity index (χ0v) is 21.8. The van der Waals surface area contributed by atoms with Crippen LogP contribution in [0.5, 0.6) is 5.75 Å². The molecule has 202 valence electrons. The van der Waals surface area contributed by atoms with Crippen LogP contribution in [-0.2, 0) is 11.4 Å². The van der Waals surface area contributed by atoms with E-state index in [0.717, 1.165) is 39.6 Å². The van der Waals surface area contributed by atoms with Crippen molar-refractivity contribution in [1.29, 1.82) is 0 Å². The predicted octanol–water partition coefficient (Wildman–Crippen LogP) is 2.21. The number of piperidine rings is 1. The Hall–Kier alpha value is -3.67. The van der Waals surface area contributed by atoms with E-state index in [1.165, 1.54) is 39.4 Å². The Morgan fingerprint density at radius 2 is 1.89 bits per heavy atom. The van der Waals surface area contributed by atoms with Crippen LogP contribution in [0.2, 0.25) is 0 Å². The summed E-state index contributed by atoms with van der Waals surface area (Å²) in [6.07, 6.45) is 2.29. The highest BCUT2D eigenvalue weighted by Crippen LogP contribution is 2.27.